The lowest BCUT2D eigenvalue weighted by atomic mass is 10.0. The second-order valence-electron chi connectivity index (χ2n) is 4.68. The Morgan fingerprint density at radius 3 is 2.14 bits per heavy atom. The fourth-order valence-corrected chi connectivity index (χ4v) is 2.55. The second-order valence-corrected chi connectivity index (χ2v) is 5.84. The summed E-state index contributed by atoms with van der Waals surface area (Å²) in [7, 11) is 0. The summed E-state index contributed by atoms with van der Waals surface area (Å²) in [5.41, 5.74) is 1.60. The predicted octanol–water partition coefficient (Wildman–Crippen LogP) is 5.29. The van der Waals surface area contributed by atoms with Gasteiger partial charge in [-0.3, -0.25) is 4.79 Å². The number of aryl methyl sites for hydroxylation is 1. The number of Topliss-reactive ketones (excluding diaryl/α,β-unsaturated/α-hetero) is 1. The Balaban J connectivity index is 2.29. The molecule has 0 radical (unpaired) electrons. The third-order valence-electron chi connectivity index (χ3n) is 2.97. The molecule has 108 valence electrons. The number of benzene rings is 2. The van der Waals surface area contributed by atoms with Crippen LogP contribution in [0.3, 0.4) is 0 Å². The topological polar surface area (TPSA) is 17.1 Å². The van der Waals surface area contributed by atoms with Crippen LogP contribution in [-0.2, 0) is 0 Å². The highest BCUT2D eigenvalue weighted by Crippen LogP contribution is 2.30. The summed E-state index contributed by atoms with van der Waals surface area (Å²) >= 11 is 1.82. The van der Waals surface area contributed by atoms with Gasteiger partial charge in [0.15, 0.2) is 0 Å². The number of hydrogen-bond acceptors (Lipinski definition) is 1. The number of alkyl halides is 2. The monoisotopic (exact) mass is 398 g/mol. The van der Waals surface area contributed by atoms with E-state index in [1.165, 1.54) is 12.1 Å². The van der Waals surface area contributed by atoms with Gasteiger partial charge in [-0.25, -0.2) is 0 Å². The Morgan fingerprint density at radius 2 is 1.57 bits per heavy atom. The van der Waals surface area contributed by atoms with E-state index in [0.717, 1.165) is 5.56 Å². The van der Waals surface area contributed by atoms with Crippen molar-refractivity contribution in [3.63, 3.8) is 0 Å². The Morgan fingerprint density at radius 1 is 1.00 bits per heavy atom. The molecule has 0 heterocycles. The molecule has 21 heavy (non-hydrogen) atoms. The van der Waals surface area contributed by atoms with Gasteiger partial charge < -0.3 is 0 Å². The minimum atomic E-state index is -3.53. The molecule has 0 aliphatic rings. The van der Waals surface area contributed by atoms with Gasteiger partial charge in [0.2, 0.25) is 5.78 Å². The maximum Gasteiger partial charge on any atom is 0.329 e. The molecule has 2 aromatic carbocycles. The molecule has 0 atom stereocenters. The third kappa shape index (κ3) is 3.97. The summed E-state index contributed by atoms with van der Waals surface area (Å²) in [4.78, 5) is 11.9. The molecule has 0 N–H and O–H groups in total. The normalized spacial score (nSPS) is 12.3. The molecule has 0 saturated heterocycles. The molecule has 0 unspecified atom stereocenters. The zero-order valence-corrected chi connectivity index (χ0v) is 13.5. The first-order chi connectivity index (χ1) is 9.90. The van der Waals surface area contributed by atoms with Crippen molar-refractivity contribution < 1.29 is 13.6 Å². The van der Waals surface area contributed by atoms with Gasteiger partial charge in [-0.05, 0) is 35.1 Å². The maximum absolute atomic E-state index is 14.1. The number of hydrogen-bond donors (Lipinski definition) is 0. The van der Waals surface area contributed by atoms with Crippen molar-refractivity contribution in [1.29, 1.82) is 0 Å². The van der Waals surface area contributed by atoms with E-state index in [1.807, 2.05) is 35.6 Å². The fraction of sp³-hybridized carbons (Fsp3) is 0.118. The van der Waals surface area contributed by atoms with E-state index in [2.05, 4.69) is 0 Å². The van der Waals surface area contributed by atoms with E-state index >= 15 is 0 Å². The number of allylic oxidation sites excluding steroid dienone is 1. The van der Waals surface area contributed by atoms with Crippen molar-refractivity contribution in [3.8, 4) is 0 Å². The zero-order chi connectivity index (χ0) is 15.5. The summed E-state index contributed by atoms with van der Waals surface area (Å²) in [6, 6.07) is 14.9. The van der Waals surface area contributed by atoms with Gasteiger partial charge in [0.05, 0.1) is 0 Å². The Hall–Kier alpha value is -1.56. The van der Waals surface area contributed by atoms with Crippen LogP contribution < -0.4 is 0 Å². The SMILES string of the molecule is Cc1ccc(C(=O)C(F)(F)/C=C(/I)c2ccccc2)cc1. The molecule has 0 spiro atoms. The van der Waals surface area contributed by atoms with Gasteiger partial charge in [0.25, 0.3) is 0 Å². The van der Waals surface area contributed by atoms with Crippen LogP contribution in [-0.4, -0.2) is 11.7 Å². The van der Waals surface area contributed by atoms with Gasteiger partial charge in [0, 0.05) is 15.2 Å². The van der Waals surface area contributed by atoms with Crippen LogP contribution in [0.25, 0.3) is 3.58 Å². The molecule has 0 aliphatic carbocycles. The van der Waals surface area contributed by atoms with Gasteiger partial charge in [-0.15, -0.1) is 0 Å². The number of carbonyl (C=O) groups excluding carboxylic acids is 1. The molecular weight excluding hydrogens is 385 g/mol. The molecule has 0 aromatic heterocycles. The summed E-state index contributed by atoms with van der Waals surface area (Å²) < 4.78 is 28.6. The van der Waals surface area contributed by atoms with Gasteiger partial charge in [0.1, 0.15) is 0 Å². The average molecular weight is 398 g/mol. The highest BCUT2D eigenvalue weighted by molar-refractivity contribution is 14.1. The third-order valence-corrected chi connectivity index (χ3v) is 3.91. The minimum absolute atomic E-state index is 0.0131. The molecule has 0 aliphatic heterocycles. The van der Waals surface area contributed by atoms with E-state index in [1.54, 1.807) is 36.4 Å². The maximum atomic E-state index is 14.1. The number of rotatable bonds is 4. The van der Waals surface area contributed by atoms with Crippen LogP contribution in [0.1, 0.15) is 21.5 Å². The molecule has 0 fully saturated rings. The van der Waals surface area contributed by atoms with Crippen molar-refractivity contribution in [2.75, 3.05) is 0 Å². The van der Waals surface area contributed by atoms with E-state index < -0.39 is 11.7 Å². The standard InChI is InChI=1S/C17H13F2IO/c1-12-7-9-14(10-8-12)16(21)17(18,19)11-15(20)13-5-3-2-4-6-13/h2-11H,1H3/b15-11+. The zero-order valence-electron chi connectivity index (χ0n) is 11.3. The van der Waals surface area contributed by atoms with Crippen molar-refractivity contribution in [2.45, 2.75) is 12.8 Å². The van der Waals surface area contributed by atoms with Crippen molar-refractivity contribution in [2.24, 2.45) is 0 Å². The number of carbonyl (C=O) groups is 1. The van der Waals surface area contributed by atoms with Crippen molar-refractivity contribution >= 4 is 32.0 Å². The first kappa shape index (κ1) is 15.8. The number of ketones is 1. The van der Waals surface area contributed by atoms with Crippen LogP contribution in [0.2, 0.25) is 0 Å². The first-order valence-corrected chi connectivity index (χ1v) is 7.41. The van der Waals surface area contributed by atoms with Gasteiger partial charge in [-0.1, -0.05) is 60.2 Å². The van der Waals surface area contributed by atoms with Crippen LogP contribution >= 0.6 is 22.6 Å². The molecule has 2 rings (SSSR count). The summed E-state index contributed by atoms with van der Waals surface area (Å²) in [6.07, 6.45) is 0.713. The molecular formula is C17H13F2IO. The van der Waals surface area contributed by atoms with E-state index in [0.29, 0.717) is 15.2 Å². The smallest absolute Gasteiger partial charge is 0.287 e. The summed E-state index contributed by atoms with van der Waals surface area (Å²) in [6.45, 7) is 1.84. The van der Waals surface area contributed by atoms with Crippen LogP contribution in [0.5, 0.6) is 0 Å². The lowest BCUT2D eigenvalue weighted by Gasteiger charge is -2.12. The Labute approximate surface area is 135 Å². The molecule has 4 heteroatoms. The van der Waals surface area contributed by atoms with Crippen molar-refractivity contribution in [3.05, 3.63) is 77.4 Å². The highest BCUT2D eigenvalue weighted by Gasteiger charge is 2.37. The second kappa shape index (κ2) is 6.47. The van der Waals surface area contributed by atoms with Crippen molar-refractivity contribution in [1.82, 2.24) is 0 Å². The van der Waals surface area contributed by atoms with E-state index in [4.69, 9.17) is 0 Å². The average Bonchev–Trinajstić information content (AvgIpc) is 2.48. The summed E-state index contributed by atoms with van der Waals surface area (Å²) in [5.74, 6) is -4.71. The predicted molar refractivity (Wildman–Crippen MR) is 88.9 cm³/mol. The van der Waals surface area contributed by atoms with Crippen LogP contribution in [0.4, 0.5) is 8.78 Å². The summed E-state index contributed by atoms with van der Waals surface area (Å²) in [5, 5.41) is 0. The molecule has 0 saturated carbocycles. The molecule has 2 aromatic rings. The lowest BCUT2D eigenvalue weighted by Crippen LogP contribution is -2.26. The quantitative estimate of drug-likeness (QED) is 0.506. The molecule has 0 amide bonds. The Kier molecular flexibility index (Phi) is 4.88. The van der Waals surface area contributed by atoms with Crippen LogP contribution in [0, 0.1) is 6.92 Å². The highest BCUT2D eigenvalue weighted by atomic mass is 127. The van der Waals surface area contributed by atoms with E-state index in [-0.39, 0.29) is 5.56 Å². The molecule has 0 bridgehead atoms. The molecule has 1 nitrogen and oxygen atoms in total. The minimum Gasteiger partial charge on any atom is -0.287 e. The van der Waals surface area contributed by atoms with Gasteiger partial charge in [-0.2, -0.15) is 8.78 Å². The fourth-order valence-electron chi connectivity index (χ4n) is 1.80. The van der Waals surface area contributed by atoms with Crippen LogP contribution in [0.15, 0.2) is 60.7 Å². The number of halogens is 3. The Bertz CT molecular complexity index is 661. The van der Waals surface area contributed by atoms with E-state index in [9.17, 15) is 13.6 Å². The first-order valence-electron chi connectivity index (χ1n) is 6.33. The lowest BCUT2D eigenvalue weighted by molar-refractivity contribution is 0.0385. The van der Waals surface area contributed by atoms with Gasteiger partial charge >= 0.3 is 5.92 Å². The largest absolute Gasteiger partial charge is 0.329 e.